The van der Waals surface area contributed by atoms with Crippen LogP contribution >= 0.6 is 0 Å². The number of urea groups is 1. The average Bonchev–Trinajstić information content (AvgIpc) is 2.67. The number of hydrogen-bond acceptors (Lipinski definition) is 4. The predicted octanol–water partition coefficient (Wildman–Crippen LogP) is 4.73. The molecule has 2 N–H and O–H groups in total. The molecule has 2 aromatic rings. The number of benzene rings is 2. The van der Waals surface area contributed by atoms with Crippen molar-refractivity contribution in [3.63, 3.8) is 0 Å². The summed E-state index contributed by atoms with van der Waals surface area (Å²) in [6, 6.07) is 8.08. The van der Waals surface area contributed by atoms with Gasteiger partial charge in [0, 0.05) is 0 Å². The Morgan fingerprint density at radius 2 is 1.48 bits per heavy atom. The molecular formula is C19H16F6N2O4. The summed E-state index contributed by atoms with van der Waals surface area (Å²) in [7, 11) is 0. The van der Waals surface area contributed by atoms with E-state index in [1.165, 1.54) is 30.4 Å². The van der Waals surface area contributed by atoms with Gasteiger partial charge in [-0.2, -0.15) is 26.3 Å². The third-order valence-electron chi connectivity index (χ3n) is 3.75. The highest BCUT2D eigenvalue weighted by molar-refractivity contribution is 5.95. The van der Waals surface area contributed by atoms with Gasteiger partial charge in [0.25, 0.3) is 0 Å². The van der Waals surface area contributed by atoms with E-state index in [9.17, 15) is 35.9 Å². The van der Waals surface area contributed by atoms with Gasteiger partial charge in [0.05, 0.1) is 17.9 Å². The largest absolute Gasteiger partial charge is 0.461 e. The number of rotatable bonds is 6. The fourth-order valence-electron chi connectivity index (χ4n) is 2.41. The second-order valence-corrected chi connectivity index (χ2v) is 5.94. The van der Waals surface area contributed by atoms with Crippen molar-refractivity contribution in [3.8, 4) is 5.75 Å². The number of esters is 1. The standard InChI is InChI=1S/C19H16F6N2O4/c1-2-30-15(28)17(19(23,24)25,31-12-8-4-3-5-9-12)27-16(29)26-14-11-7-6-10-13(14)18(20,21)22/h3-11H,2H2,1H3,(H2,26,27,29)/t17-/m0/s1. The second-order valence-electron chi connectivity index (χ2n) is 5.94. The van der Waals surface area contributed by atoms with E-state index in [4.69, 9.17) is 4.74 Å². The lowest BCUT2D eigenvalue weighted by Crippen LogP contribution is -2.69. The highest BCUT2D eigenvalue weighted by Crippen LogP contribution is 2.36. The predicted molar refractivity (Wildman–Crippen MR) is 96.1 cm³/mol. The summed E-state index contributed by atoms with van der Waals surface area (Å²) >= 11 is 0. The lowest BCUT2D eigenvalue weighted by atomic mass is 10.1. The third kappa shape index (κ3) is 5.58. The summed E-state index contributed by atoms with van der Waals surface area (Å²) in [6.07, 6.45) is -10.4. The molecule has 0 aliphatic heterocycles. The van der Waals surface area contributed by atoms with Crippen LogP contribution in [0.1, 0.15) is 12.5 Å². The zero-order valence-corrected chi connectivity index (χ0v) is 15.8. The number of carbonyl (C=O) groups excluding carboxylic acids is 2. The number of halogens is 6. The molecule has 2 aromatic carbocycles. The van der Waals surface area contributed by atoms with Crippen molar-refractivity contribution < 1.29 is 45.4 Å². The van der Waals surface area contributed by atoms with Crippen LogP contribution in [0.3, 0.4) is 0 Å². The van der Waals surface area contributed by atoms with Crippen LogP contribution in [0.25, 0.3) is 0 Å². The first-order valence-electron chi connectivity index (χ1n) is 8.64. The van der Waals surface area contributed by atoms with E-state index < -0.39 is 53.7 Å². The van der Waals surface area contributed by atoms with Crippen LogP contribution in [0.2, 0.25) is 0 Å². The molecule has 0 aliphatic carbocycles. The number of ether oxygens (including phenoxy) is 2. The Hall–Kier alpha value is -3.44. The summed E-state index contributed by atoms with van der Waals surface area (Å²) in [5.41, 5.74) is -6.16. The fourth-order valence-corrected chi connectivity index (χ4v) is 2.41. The Labute approximate surface area is 172 Å². The Bertz CT molecular complexity index is 918. The highest BCUT2D eigenvalue weighted by atomic mass is 19.4. The average molecular weight is 450 g/mol. The van der Waals surface area contributed by atoms with Gasteiger partial charge in [-0.25, -0.2) is 9.59 Å². The smallest absolute Gasteiger partial charge is 0.460 e. The zero-order chi connectivity index (χ0) is 23.3. The molecule has 1 atom stereocenters. The molecule has 0 saturated heterocycles. The molecule has 0 spiro atoms. The molecule has 0 unspecified atom stereocenters. The minimum absolute atomic E-state index is 0.455. The molecule has 2 amide bonds. The molecule has 0 fully saturated rings. The van der Waals surface area contributed by atoms with Crippen LogP contribution < -0.4 is 15.4 Å². The second kappa shape index (κ2) is 9.14. The van der Waals surface area contributed by atoms with Crippen molar-refractivity contribution in [1.29, 1.82) is 0 Å². The summed E-state index contributed by atoms with van der Waals surface area (Å²) < 4.78 is 90.4. The molecule has 0 saturated carbocycles. The van der Waals surface area contributed by atoms with Crippen LogP contribution in [0, 0.1) is 0 Å². The van der Waals surface area contributed by atoms with Crippen molar-refractivity contribution in [3.05, 3.63) is 60.2 Å². The SMILES string of the molecule is CCOC(=O)[C@](NC(=O)Nc1ccccc1C(F)(F)F)(Oc1ccccc1)C(F)(F)F. The van der Waals surface area contributed by atoms with Gasteiger partial charge < -0.3 is 14.8 Å². The number of amides is 2. The van der Waals surface area contributed by atoms with E-state index >= 15 is 0 Å². The van der Waals surface area contributed by atoms with E-state index in [-0.39, 0.29) is 0 Å². The Morgan fingerprint density at radius 1 is 0.903 bits per heavy atom. The molecule has 6 nitrogen and oxygen atoms in total. The lowest BCUT2D eigenvalue weighted by molar-refractivity contribution is -0.259. The van der Waals surface area contributed by atoms with Gasteiger partial charge >= 0.3 is 30.1 Å². The topological polar surface area (TPSA) is 76.7 Å². The molecule has 0 aliphatic rings. The van der Waals surface area contributed by atoms with E-state index in [1.807, 2.05) is 0 Å². The van der Waals surface area contributed by atoms with Crippen molar-refractivity contribution in [2.45, 2.75) is 25.0 Å². The van der Waals surface area contributed by atoms with Crippen LogP contribution in [0.4, 0.5) is 36.8 Å². The Kier molecular flexibility index (Phi) is 7.03. The van der Waals surface area contributed by atoms with Gasteiger partial charge in [0.2, 0.25) is 0 Å². The molecule has 0 heterocycles. The fraction of sp³-hybridized carbons (Fsp3) is 0.263. The third-order valence-corrected chi connectivity index (χ3v) is 3.75. The van der Waals surface area contributed by atoms with E-state index in [0.29, 0.717) is 6.07 Å². The maximum absolute atomic E-state index is 14.0. The maximum Gasteiger partial charge on any atom is 0.460 e. The highest BCUT2D eigenvalue weighted by Gasteiger charge is 2.66. The van der Waals surface area contributed by atoms with Crippen LogP contribution in [0.5, 0.6) is 5.75 Å². The molecule has 168 valence electrons. The number of alkyl halides is 6. The van der Waals surface area contributed by atoms with Gasteiger partial charge in [0.15, 0.2) is 0 Å². The quantitative estimate of drug-likeness (QED) is 0.379. The minimum atomic E-state index is -5.55. The minimum Gasteiger partial charge on any atom is -0.461 e. The molecular weight excluding hydrogens is 434 g/mol. The van der Waals surface area contributed by atoms with Gasteiger partial charge in [-0.3, -0.25) is 5.32 Å². The molecule has 31 heavy (non-hydrogen) atoms. The molecule has 0 radical (unpaired) electrons. The Morgan fingerprint density at radius 3 is 2.03 bits per heavy atom. The van der Waals surface area contributed by atoms with E-state index in [1.54, 1.807) is 5.32 Å². The van der Waals surface area contributed by atoms with Crippen molar-refractivity contribution in [2.75, 3.05) is 11.9 Å². The summed E-state index contributed by atoms with van der Waals surface area (Å²) in [5, 5.41) is 2.96. The number of carbonyl (C=O) groups is 2. The van der Waals surface area contributed by atoms with Gasteiger partial charge in [-0.1, -0.05) is 30.3 Å². The number of para-hydroxylation sites is 2. The van der Waals surface area contributed by atoms with Crippen molar-refractivity contribution in [2.24, 2.45) is 0 Å². The summed E-state index contributed by atoms with van der Waals surface area (Å²) in [6.45, 7) is 0.732. The van der Waals surface area contributed by atoms with Crippen LogP contribution in [-0.2, 0) is 15.7 Å². The first-order valence-corrected chi connectivity index (χ1v) is 8.64. The van der Waals surface area contributed by atoms with Gasteiger partial charge in [0.1, 0.15) is 5.75 Å². The van der Waals surface area contributed by atoms with Crippen molar-refractivity contribution in [1.82, 2.24) is 5.32 Å². The van der Waals surface area contributed by atoms with Gasteiger partial charge in [-0.05, 0) is 31.2 Å². The zero-order valence-electron chi connectivity index (χ0n) is 15.8. The lowest BCUT2D eigenvalue weighted by Gasteiger charge is -2.34. The van der Waals surface area contributed by atoms with E-state index in [0.717, 1.165) is 30.3 Å². The summed E-state index contributed by atoms with van der Waals surface area (Å²) in [5.74, 6) is -2.46. The number of anilines is 1. The maximum atomic E-state index is 14.0. The number of hydrogen-bond donors (Lipinski definition) is 2. The summed E-state index contributed by atoms with van der Waals surface area (Å²) in [4.78, 5) is 24.5. The first-order chi connectivity index (χ1) is 14.4. The number of nitrogens with one attached hydrogen (secondary N) is 2. The van der Waals surface area contributed by atoms with Crippen LogP contribution in [-0.4, -0.2) is 30.5 Å². The first kappa shape index (κ1) is 23.8. The van der Waals surface area contributed by atoms with E-state index in [2.05, 4.69) is 4.74 Å². The monoisotopic (exact) mass is 450 g/mol. The molecule has 0 bridgehead atoms. The molecule has 2 rings (SSSR count). The molecule has 12 heteroatoms. The Balaban J connectivity index is 2.43. The van der Waals surface area contributed by atoms with Crippen molar-refractivity contribution >= 4 is 17.7 Å². The van der Waals surface area contributed by atoms with Crippen LogP contribution in [0.15, 0.2) is 54.6 Å². The van der Waals surface area contributed by atoms with Gasteiger partial charge in [-0.15, -0.1) is 0 Å². The molecule has 0 aromatic heterocycles. The normalized spacial score (nSPS) is 13.6.